The molecule has 0 saturated carbocycles. The second-order valence-corrected chi connectivity index (χ2v) is 13.5. The molecule has 0 radical (unpaired) electrons. The van der Waals surface area contributed by atoms with Gasteiger partial charge in [0, 0.05) is 12.3 Å². The van der Waals surface area contributed by atoms with E-state index in [4.69, 9.17) is 30.7 Å². The number of anilines is 1. The average Bonchev–Trinajstić information content (AvgIpc) is 3.55. The third-order valence-electron chi connectivity index (χ3n) is 6.94. The Morgan fingerprint density at radius 2 is 2.09 bits per heavy atom. The number of carbonyl (C=O) groups excluding carboxylic acids is 1. The maximum atomic E-state index is 16.1. The molecule has 1 aliphatic rings. The second kappa shape index (κ2) is 14.0. The molecule has 4 rings (SSSR count). The van der Waals surface area contributed by atoms with Gasteiger partial charge in [-0.1, -0.05) is 29.8 Å². The summed E-state index contributed by atoms with van der Waals surface area (Å²) in [5.74, 6) is 2.33. The van der Waals surface area contributed by atoms with E-state index < -0.39 is 49.4 Å². The van der Waals surface area contributed by atoms with E-state index in [0.717, 1.165) is 22.7 Å². The molecule has 3 aromatic rings. The van der Waals surface area contributed by atoms with Crippen LogP contribution >= 0.6 is 19.5 Å². The Bertz CT molecular complexity index is 1660. The predicted octanol–water partition coefficient (Wildman–Crippen LogP) is 1.52. The van der Waals surface area contributed by atoms with Gasteiger partial charge in [0.05, 0.1) is 38.7 Å². The van der Waals surface area contributed by atoms with Gasteiger partial charge in [-0.2, -0.15) is 4.98 Å². The number of imidazole rings is 1. The van der Waals surface area contributed by atoms with Crippen molar-refractivity contribution in [1.29, 1.82) is 0 Å². The Labute approximate surface area is 261 Å². The van der Waals surface area contributed by atoms with Crippen LogP contribution in [0.15, 0.2) is 35.4 Å². The van der Waals surface area contributed by atoms with Gasteiger partial charge in [0.1, 0.15) is 18.0 Å². The van der Waals surface area contributed by atoms with Gasteiger partial charge in [0.2, 0.25) is 11.6 Å². The van der Waals surface area contributed by atoms with Gasteiger partial charge in [0.15, 0.2) is 22.5 Å². The first-order chi connectivity index (χ1) is 21.3. The lowest BCUT2D eigenvalue weighted by Crippen LogP contribution is -2.42. The van der Waals surface area contributed by atoms with Crippen molar-refractivity contribution in [3.63, 3.8) is 0 Å². The molecule has 0 aliphatic carbocycles. The molecule has 1 fully saturated rings. The SMILES string of the molecule is C#C[C@@]1(F)[C@H](O)[C@@H](COP(=O)(NCc2ccc(OC)cc2)OCCSC(=O)C(C)(C)CO)O[C@H]1n1cnc2c(=O)[nH]c(N)nc21. The number of terminal acetylenes is 1. The fourth-order valence-corrected chi connectivity index (χ4v) is 6.45. The van der Waals surface area contributed by atoms with E-state index >= 15 is 4.39 Å². The molecule has 1 unspecified atom stereocenters. The molecule has 1 aromatic carbocycles. The molecular formula is C27H34FN6O9PS. The quantitative estimate of drug-likeness (QED) is 0.0936. The van der Waals surface area contributed by atoms with E-state index in [1.807, 2.05) is 5.92 Å². The molecule has 0 spiro atoms. The number of fused-ring (bicyclic) bond motifs is 1. The molecule has 244 valence electrons. The normalized spacial score (nSPS) is 23.1. The number of ether oxygens (including phenoxy) is 2. The summed E-state index contributed by atoms with van der Waals surface area (Å²) in [5, 5.41) is 22.7. The number of nitrogen functional groups attached to an aromatic ring is 1. The third-order valence-corrected chi connectivity index (χ3v) is 9.68. The number of thioether (sulfide) groups is 1. The van der Waals surface area contributed by atoms with Crippen molar-refractivity contribution in [2.45, 2.75) is 44.5 Å². The van der Waals surface area contributed by atoms with Gasteiger partial charge in [-0.3, -0.25) is 28.2 Å². The van der Waals surface area contributed by atoms with Crippen molar-refractivity contribution < 1.29 is 42.5 Å². The van der Waals surface area contributed by atoms with Crippen LogP contribution in [-0.2, 0) is 29.7 Å². The molecule has 45 heavy (non-hydrogen) atoms. The number of hydrogen-bond donors (Lipinski definition) is 5. The molecule has 1 aliphatic heterocycles. The summed E-state index contributed by atoms with van der Waals surface area (Å²) in [5.41, 5.74) is 1.52. The highest BCUT2D eigenvalue weighted by Crippen LogP contribution is 2.47. The number of nitrogens with zero attached hydrogens (tertiary/aromatic N) is 3. The van der Waals surface area contributed by atoms with Crippen molar-refractivity contribution in [3.8, 4) is 18.1 Å². The van der Waals surface area contributed by atoms with E-state index in [1.54, 1.807) is 38.1 Å². The Balaban J connectivity index is 1.50. The molecule has 6 N–H and O–H groups in total. The summed E-state index contributed by atoms with van der Waals surface area (Å²) in [6, 6.07) is 6.85. The molecule has 3 heterocycles. The predicted molar refractivity (Wildman–Crippen MR) is 163 cm³/mol. The second-order valence-electron chi connectivity index (χ2n) is 10.6. The first-order valence-electron chi connectivity index (χ1n) is 13.5. The standard InChI is InChI=1S/C27H34FN6O9PS/c1-5-27(28)20(36)18(43-23(27)34-15-30-19-21(34)32-25(29)33-22(19)37)13-42-44(39,31-12-16-6-8-17(40-4)9-7-16)41-10-11-45-24(38)26(2,3)14-35/h1,6-9,15,18,20,23,35-36H,10-14H2,2-4H3,(H,31,39)(H3,29,32,33,37)/t18-,20-,23-,27-,44?/m1/s1. The van der Waals surface area contributed by atoms with Crippen LogP contribution in [0.4, 0.5) is 10.3 Å². The number of methoxy groups -OCH3 is 1. The van der Waals surface area contributed by atoms with Crippen LogP contribution in [0, 0.1) is 17.8 Å². The number of rotatable bonds is 14. The number of aliphatic hydroxyl groups is 2. The Morgan fingerprint density at radius 1 is 1.38 bits per heavy atom. The minimum Gasteiger partial charge on any atom is -0.497 e. The fraction of sp³-hybridized carbons (Fsp3) is 0.481. The van der Waals surface area contributed by atoms with Gasteiger partial charge in [-0.25, -0.2) is 19.0 Å². The maximum Gasteiger partial charge on any atom is 0.405 e. The zero-order valence-electron chi connectivity index (χ0n) is 24.6. The van der Waals surface area contributed by atoms with Crippen LogP contribution < -0.4 is 21.1 Å². The average molecular weight is 669 g/mol. The Morgan fingerprint density at radius 3 is 2.73 bits per heavy atom. The molecule has 1 saturated heterocycles. The molecule has 0 bridgehead atoms. The summed E-state index contributed by atoms with van der Waals surface area (Å²) in [4.78, 5) is 34.8. The summed E-state index contributed by atoms with van der Waals surface area (Å²) in [7, 11) is -2.67. The van der Waals surface area contributed by atoms with Crippen LogP contribution in [0.1, 0.15) is 25.6 Å². The Hall–Kier alpha value is -3.33. The number of nitrogens with one attached hydrogen (secondary N) is 2. The lowest BCUT2D eigenvalue weighted by molar-refractivity contribution is -0.119. The first kappa shape index (κ1) is 34.5. The highest BCUT2D eigenvalue weighted by atomic mass is 32.2. The minimum absolute atomic E-state index is 0.0155. The van der Waals surface area contributed by atoms with Crippen molar-refractivity contribution in [2.24, 2.45) is 5.41 Å². The highest BCUT2D eigenvalue weighted by molar-refractivity contribution is 8.13. The van der Waals surface area contributed by atoms with Crippen LogP contribution in [0.2, 0.25) is 0 Å². The van der Waals surface area contributed by atoms with E-state index in [2.05, 4.69) is 20.0 Å². The number of carbonyl (C=O) groups is 1. The van der Waals surface area contributed by atoms with E-state index in [1.165, 1.54) is 7.11 Å². The zero-order chi connectivity index (χ0) is 33.0. The molecule has 5 atom stereocenters. The number of alkyl halides is 1. The first-order valence-corrected chi connectivity index (χ1v) is 16.1. The van der Waals surface area contributed by atoms with Crippen LogP contribution in [0.3, 0.4) is 0 Å². The van der Waals surface area contributed by atoms with Crippen molar-refractivity contribution in [3.05, 3.63) is 46.5 Å². The van der Waals surface area contributed by atoms with Gasteiger partial charge >= 0.3 is 7.75 Å². The van der Waals surface area contributed by atoms with Gasteiger partial charge in [-0.05, 0) is 31.5 Å². The highest BCUT2D eigenvalue weighted by Gasteiger charge is 2.58. The number of H-pyrrole nitrogens is 1. The molecule has 15 nitrogen and oxygen atoms in total. The molecular weight excluding hydrogens is 634 g/mol. The summed E-state index contributed by atoms with van der Waals surface area (Å²) < 4.78 is 53.0. The summed E-state index contributed by atoms with van der Waals surface area (Å²) >= 11 is 0.889. The molecule has 18 heteroatoms. The number of halogens is 1. The van der Waals surface area contributed by atoms with E-state index in [-0.39, 0.29) is 47.7 Å². The number of benzene rings is 1. The molecule has 2 aromatic heterocycles. The molecule has 0 amide bonds. The zero-order valence-corrected chi connectivity index (χ0v) is 26.3. The van der Waals surface area contributed by atoms with E-state index in [0.29, 0.717) is 11.3 Å². The van der Waals surface area contributed by atoms with Crippen LogP contribution in [-0.4, -0.2) is 85.4 Å². The minimum atomic E-state index is -4.19. The maximum absolute atomic E-state index is 16.1. The van der Waals surface area contributed by atoms with Crippen LogP contribution in [0.5, 0.6) is 5.75 Å². The van der Waals surface area contributed by atoms with Crippen LogP contribution in [0.25, 0.3) is 11.2 Å². The van der Waals surface area contributed by atoms with Crippen molar-refractivity contribution >= 4 is 41.7 Å². The smallest absolute Gasteiger partial charge is 0.405 e. The number of aromatic nitrogens is 4. The van der Waals surface area contributed by atoms with Crippen molar-refractivity contribution in [1.82, 2.24) is 24.6 Å². The monoisotopic (exact) mass is 668 g/mol. The third kappa shape index (κ3) is 7.56. The largest absolute Gasteiger partial charge is 0.497 e. The van der Waals surface area contributed by atoms with Crippen molar-refractivity contribution in [2.75, 3.05) is 38.4 Å². The summed E-state index contributed by atoms with van der Waals surface area (Å²) in [6.45, 7) is 1.99. The number of aromatic amines is 1. The number of hydrogen-bond acceptors (Lipinski definition) is 13. The number of nitrogens with two attached hydrogens (primary N) is 1. The lowest BCUT2D eigenvalue weighted by atomic mass is 9.97. The summed E-state index contributed by atoms with van der Waals surface area (Å²) in [6.07, 6.45) is 1.40. The van der Waals surface area contributed by atoms with E-state index in [9.17, 15) is 24.4 Å². The fourth-order valence-electron chi connectivity index (χ4n) is 4.21. The topological polar surface area (TPSA) is 213 Å². The van der Waals surface area contributed by atoms with Gasteiger partial charge < -0.3 is 25.4 Å². The van der Waals surface area contributed by atoms with Gasteiger partial charge in [-0.15, -0.1) is 6.42 Å². The van der Waals surface area contributed by atoms with Gasteiger partial charge in [0.25, 0.3) is 5.56 Å². The lowest BCUT2D eigenvalue weighted by Gasteiger charge is -2.24. The Kier molecular flexibility index (Phi) is 10.7. The number of aliphatic hydroxyl groups excluding tert-OH is 2.